The van der Waals surface area contributed by atoms with Gasteiger partial charge in [0.05, 0.1) is 10.5 Å². The van der Waals surface area contributed by atoms with E-state index in [0.717, 1.165) is 17.5 Å². The number of amides is 1. The van der Waals surface area contributed by atoms with Gasteiger partial charge in [0.15, 0.2) is 6.10 Å². The van der Waals surface area contributed by atoms with Gasteiger partial charge in [0.2, 0.25) is 0 Å². The van der Waals surface area contributed by atoms with Crippen LogP contribution in [0.1, 0.15) is 59.2 Å². The second kappa shape index (κ2) is 12.0. The summed E-state index contributed by atoms with van der Waals surface area (Å²) in [6.45, 7) is 9.26. The van der Waals surface area contributed by atoms with Crippen LogP contribution in [-0.4, -0.2) is 36.4 Å². The van der Waals surface area contributed by atoms with E-state index in [1.54, 1.807) is 26.0 Å². The number of unbranched alkanes of at least 4 members (excludes halogenated alkanes) is 1. The van der Waals surface area contributed by atoms with Crippen molar-refractivity contribution in [1.29, 1.82) is 0 Å². The summed E-state index contributed by atoms with van der Waals surface area (Å²) >= 11 is 0. The number of benzene rings is 2. The van der Waals surface area contributed by atoms with Gasteiger partial charge in [-0.2, -0.15) is 0 Å². The van der Waals surface area contributed by atoms with Gasteiger partial charge in [0.1, 0.15) is 11.6 Å². The van der Waals surface area contributed by atoms with Crippen LogP contribution in [0.15, 0.2) is 53.4 Å². The van der Waals surface area contributed by atoms with E-state index in [1.807, 2.05) is 26.8 Å². The Labute approximate surface area is 217 Å². The molecule has 0 saturated carbocycles. The minimum absolute atomic E-state index is 0.00289. The van der Waals surface area contributed by atoms with E-state index in [9.17, 15) is 18.0 Å². The van der Waals surface area contributed by atoms with Crippen molar-refractivity contribution >= 4 is 33.4 Å². The number of hydrogen-bond acceptors (Lipinski definition) is 7. The first kappa shape index (κ1) is 27.8. The van der Waals surface area contributed by atoms with Gasteiger partial charge < -0.3 is 10.1 Å². The summed E-state index contributed by atoms with van der Waals surface area (Å²) in [5.41, 5.74) is 3.41. The van der Waals surface area contributed by atoms with Crippen molar-refractivity contribution in [3.05, 3.63) is 76.7 Å². The number of carbonyl (C=O) groups excluding carboxylic acids is 2. The van der Waals surface area contributed by atoms with Crippen LogP contribution in [0.3, 0.4) is 0 Å². The van der Waals surface area contributed by atoms with Crippen molar-refractivity contribution in [2.75, 3.05) is 10.0 Å². The minimum Gasteiger partial charge on any atom is -0.449 e. The normalized spacial score (nSPS) is 12.0. The fraction of sp³-hybridized carbons (Fsp3) is 0.333. The molecule has 3 aromatic rings. The van der Waals surface area contributed by atoms with Crippen molar-refractivity contribution in [2.45, 2.75) is 64.9 Å². The van der Waals surface area contributed by atoms with Gasteiger partial charge in [-0.25, -0.2) is 23.2 Å². The SMILES string of the molecule is CCCC[C@H](OC(=O)c1ccc(C)c(C)c1)C(=O)Nc1ccc(S(=O)(=O)Nc2cc(C)nc(C)n2)cc1. The van der Waals surface area contributed by atoms with Crippen molar-refractivity contribution in [3.63, 3.8) is 0 Å². The smallest absolute Gasteiger partial charge is 0.338 e. The van der Waals surface area contributed by atoms with Crippen LogP contribution < -0.4 is 10.0 Å². The van der Waals surface area contributed by atoms with E-state index in [4.69, 9.17) is 4.74 Å². The lowest BCUT2D eigenvalue weighted by molar-refractivity contribution is -0.125. The molecule has 0 saturated heterocycles. The van der Waals surface area contributed by atoms with E-state index >= 15 is 0 Å². The fourth-order valence-electron chi connectivity index (χ4n) is 3.60. The van der Waals surface area contributed by atoms with Crippen LogP contribution in [0.4, 0.5) is 11.5 Å². The zero-order valence-electron chi connectivity index (χ0n) is 21.7. The van der Waals surface area contributed by atoms with E-state index in [0.29, 0.717) is 35.6 Å². The Morgan fingerprint density at radius 3 is 2.27 bits per heavy atom. The maximum Gasteiger partial charge on any atom is 0.338 e. The van der Waals surface area contributed by atoms with Gasteiger partial charge in [-0.15, -0.1) is 0 Å². The maximum atomic E-state index is 13.0. The Balaban J connectivity index is 1.70. The Bertz CT molecular complexity index is 1370. The van der Waals surface area contributed by atoms with Crippen molar-refractivity contribution in [3.8, 4) is 0 Å². The van der Waals surface area contributed by atoms with Gasteiger partial charge in [-0.3, -0.25) is 9.52 Å². The summed E-state index contributed by atoms with van der Waals surface area (Å²) in [4.78, 5) is 33.9. The fourth-order valence-corrected chi connectivity index (χ4v) is 4.60. The van der Waals surface area contributed by atoms with Crippen molar-refractivity contribution in [2.24, 2.45) is 0 Å². The largest absolute Gasteiger partial charge is 0.449 e. The number of sulfonamides is 1. The molecular formula is C27H32N4O5S. The van der Waals surface area contributed by atoms with E-state index < -0.39 is 28.0 Å². The maximum absolute atomic E-state index is 13.0. The zero-order valence-corrected chi connectivity index (χ0v) is 22.5. The first-order valence-electron chi connectivity index (χ1n) is 12.0. The molecule has 196 valence electrons. The van der Waals surface area contributed by atoms with Crippen LogP contribution >= 0.6 is 0 Å². The van der Waals surface area contributed by atoms with Crippen LogP contribution in [0.5, 0.6) is 0 Å². The molecule has 1 amide bonds. The Kier molecular flexibility index (Phi) is 8.99. The summed E-state index contributed by atoms with van der Waals surface area (Å²) in [6.07, 6.45) is 0.912. The summed E-state index contributed by atoms with van der Waals surface area (Å²) in [7, 11) is -3.90. The number of hydrogen-bond donors (Lipinski definition) is 2. The summed E-state index contributed by atoms with van der Waals surface area (Å²) in [5, 5.41) is 2.72. The minimum atomic E-state index is -3.90. The van der Waals surface area contributed by atoms with Crippen molar-refractivity contribution in [1.82, 2.24) is 9.97 Å². The predicted octanol–water partition coefficient (Wildman–Crippen LogP) is 4.87. The van der Waals surface area contributed by atoms with E-state index in [2.05, 4.69) is 20.0 Å². The molecule has 0 radical (unpaired) electrons. The highest BCUT2D eigenvalue weighted by Crippen LogP contribution is 2.19. The molecule has 0 fully saturated rings. The number of nitrogens with zero attached hydrogens (tertiary/aromatic N) is 2. The number of carbonyl (C=O) groups is 2. The first-order valence-corrected chi connectivity index (χ1v) is 13.5. The van der Waals surface area contributed by atoms with Crippen molar-refractivity contribution < 1.29 is 22.7 Å². The molecule has 0 aliphatic heterocycles. The summed E-state index contributed by atoms with van der Waals surface area (Å²) in [5.74, 6) is -0.424. The lowest BCUT2D eigenvalue weighted by atomic mass is 10.1. The van der Waals surface area contributed by atoms with Gasteiger partial charge in [-0.05, 0) is 88.1 Å². The third-order valence-corrected chi connectivity index (χ3v) is 7.11. The number of anilines is 2. The number of nitrogens with one attached hydrogen (secondary N) is 2. The number of rotatable bonds is 10. The van der Waals surface area contributed by atoms with Crippen LogP contribution in [0.25, 0.3) is 0 Å². The average molecular weight is 525 g/mol. The topological polar surface area (TPSA) is 127 Å². The molecular weight excluding hydrogens is 492 g/mol. The number of esters is 1. The Hall–Kier alpha value is -3.79. The number of ether oxygens (including phenoxy) is 1. The number of aromatic nitrogens is 2. The van der Waals surface area contributed by atoms with Crippen LogP contribution in [0.2, 0.25) is 0 Å². The number of aryl methyl sites for hydroxylation is 4. The second-order valence-corrected chi connectivity index (χ2v) is 10.6. The van der Waals surface area contributed by atoms with Gasteiger partial charge >= 0.3 is 5.97 Å². The molecule has 0 aliphatic carbocycles. The third-order valence-electron chi connectivity index (χ3n) is 5.74. The standard InChI is InChI=1S/C27H32N4O5S/c1-6-7-8-24(36-27(33)21-10-9-17(2)18(3)15-21)26(32)30-22-11-13-23(14-12-22)37(34,35)31-25-16-19(4)28-20(5)29-25/h9-16,24H,6-8H2,1-5H3,(H,30,32)(H,28,29,31)/t24-/m0/s1. The molecule has 3 rings (SSSR count). The first-order chi connectivity index (χ1) is 17.5. The Morgan fingerprint density at radius 2 is 1.65 bits per heavy atom. The second-order valence-electron chi connectivity index (χ2n) is 8.90. The molecule has 9 nitrogen and oxygen atoms in total. The predicted molar refractivity (Wildman–Crippen MR) is 142 cm³/mol. The lowest BCUT2D eigenvalue weighted by Gasteiger charge is -2.18. The molecule has 1 heterocycles. The molecule has 2 N–H and O–H groups in total. The van der Waals surface area contributed by atoms with Crippen LogP contribution in [-0.2, 0) is 19.6 Å². The van der Waals surface area contributed by atoms with Crippen LogP contribution in [0, 0.1) is 27.7 Å². The summed E-state index contributed by atoms with van der Waals surface area (Å²) < 4.78 is 33.5. The van der Waals surface area contributed by atoms with Gasteiger partial charge in [0.25, 0.3) is 15.9 Å². The molecule has 2 aromatic carbocycles. The summed E-state index contributed by atoms with van der Waals surface area (Å²) in [6, 6.07) is 12.5. The molecule has 0 aliphatic rings. The van der Waals surface area contributed by atoms with E-state index in [-0.39, 0.29) is 10.7 Å². The zero-order chi connectivity index (χ0) is 27.2. The molecule has 0 bridgehead atoms. The highest BCUT2D eigenvalue weighted by Gasteiger charge is 2.24. The monoisotopic (exact) mass is 524 g/mol. The van der Waals surface area contributed by atoms with Gasteiger partial charge in [-0.1, -0.05) is 19.4 Å². The highest BCUT2D eigenvalue weighted by molar-refractivity contribution is 7.92. The highest BCUT2D eigenvalue weighted by atomic mass is 32.2. The van der Waals surface area contributed by atoms with E-state index in [1.165, 1.54) is 30.3 Å². The average Bonchev–Trinajstić information content (AvgIpc) is 2.82. The third kappa shape index (κ3) is 7.60. The Morgan fingerprint density at radius 1 is 0.946 bits per heavy atom. The lowest BCUT2D eigenvalue weighted by Crippen LogP contribution is -2.32. The molecule has 37 heavy (non-hydrogen) atoms. The molecule has 10 heteroatoms. The molecule has 1 aromatic heterocycles. The quantitative estimate of drug-likeness (QED) is 0.362. The van der Waals surface area contributed by atoms with Gasteiger partial charge in [0, 0.05) is 17.4 Å². The molecule has 0 unspecified atom stereocenters. The molecule has 1 atom stereocenters. The molecule has 0 spiro atoms.